The Labute approximate surface area is 329 Å². The lowest BCUT2D eigenvalue weighted by atomic mass is 9.74. The number of imidazole rings is 1. The molecule has 6 atom stereocenters. The molecule has 2 aromatic heterocycles. The molecular formula is C43H58ClN5O6. The Hall–Kier alpha value is -3.83. The molecule has 1 unspecified atom stereocenters. The summed E-state index contributed by atoms with van der Waals surface area (Å²) in [5, 5.41) is 15.1. The quantitative estimate of drug-likeness (QED) is 0.118. The molecule has 298 valence electrons. The Bertz CT molecular complexity index is 1760. The molecule has 55 heavy (non-hydrogen) atoms. The summed E-state index contributed by atoms with van der Waals surface area (Å²) in [6.07, 6.45) is 8.47. The summed E-state index contributed by atoms with van der Waals surface area (Å²) in [4.78, 5) is 70.7. The first-order chi connectivity index (χ1) is 26.3. The van der Waals surface area contributed by atoms with Crippen molar-refractivity contribution in [3.05, 3.63) is 47.6 Å². The summed E-state index contributed by atoms with van der Waals surface area (Å²) < 4.78 is 6.23. The zero-order valence-corrected chi connectivity index (χ0v) is 33.5. The first-order valence-corrected chi connectivity index (χ1v) is 20.7. The molecule has 11 nitrogen and oxygen atoms in total. The van der Waals surface area contributed by atoms with Crippen molar-refractivity contribution in [3.8, 4) is 5.88 Å². The lowest BCUT2D eigenvalue weighted by molar-refractivity contribution is -0.146. The van der Waals surface area contributed by atoms with Crippen molar-refractivity contribution < 1.29 is 29.0 Å². The third-order valence-corrected chi connectivity index (χ3v) is 12.1. The molecule has 3 fully saturated rings. The maximum absolute atomic E-state index is 14.9. The molecule has 3 heterocycles. The fourth-order valence-corrected chi connectivity index (χ4v) is 8.66. The van der Waals surface area contributed by atoms with E-state index in [9.17, 15) is 24.3 Å². The number of aliphatic hydroxyl groups is 1. The number of fused-ring (bicyclic) bond motifs is 1. The average molecular weight is 776 g/mol. The number of rotatable bonds is 18. The monoisotopic (exact) mass is 775 g/mol. The number of anilines is 1. The minimum Gasteiger partial charge on any atom is -0.472 e. The number of hydrogen-bond acceptors (Lipinski definition) is 9. The second kappa shape index (κ2) is 18.0. The van der Waals surface area contributed by atoms with E-state index in [1.54, 1.807) is 17.0 Å². The van der Waals surface area contributed by atoms with Gasteiger partial charge in [-0.25, -0.2) is 9.97 Å². The first kappa shape index (κ1) is 40.8. The van der Waals surface area contributed by atoms with Crippen molar-refractivity contribution in [2.24, 2.45) is 29.1 Å². The van der Waals surface area contributed by atoms with Crippen LogP contribution in [0.3, 0.4) is 0 Å². The minimum absolute atomic E-state index is 0.00869. The summed E-state index contributed by atoms with van der Waals surface area (Å²) in [5.74, 6) is -0.754. The number of aromatic nitrogens is 3. The number of aliphatic hydroxyl groups excluding tert-OH is 1. The molecule has 0 bridgehead atoms. The first-order valence-electron chi connectivity index (χ1n) is 20.4. The number of carbonyl (C=O) groups is 4. The lowest BCUT2D eigenvalue weighted by Gasteiger charge is -2.37. The molecule has 1 saturated heterocycles. The Balaban J connectivity index is 1.24. The van der Waals surface area contributed by atoms with Crippen molar-refractivity contribution >= 4 is 51.8 Å². The number of carbonyl (C=O) groups excluding carboxylic acids is 4. The molecule has 3 N–H and O–H groups in total. The van der Waals surface area contributed by atoms with Crippen LogP contribution in [0.4, 0.5) is 5.95 Å². The van der Waals surface area contributed by atoms with Crippen LogP contribution < -0.4 is 10.1 Å². The van der Waals surface area contributed by atoms with Crippen LogP contribution in [0.1, 0.15) is 111 Å². The van der Waals surface area contributed by atoms with Gasteiger partial charge in [0.1, 0.15) is 12.2 Å². The fourth-order valence-electron chi connectivity index (χ4n) is 8.55. The second-order valence-electron chi connectivity index (χ2n) is 17.3. The van der Waals surface area contributed by atoms with E-state index < -0.39 is 41.5 Å². The molecule has 0 spiro atoms. The van der Waals surface area contributed by atoms with Crippen LogP contribution in [0.25, 0.3) is 11.0 Å². The number of benzene rings is 1. The van der Waals surface area contributed by atoms with Crippen LogP contribution in [0, 0.1) is 29.1 Å². The summed E-state index contributed by atoms with van der Waals surface area (Å²) in [6.45, 7) is 7.98. The zero-order valence-electron chi connectivity index (χ0n) is 32.8. The summed E-state index contributed by atoms with van der Waals surface area (Å²) in [5.41, 5.74) is 1.06. The number of likely N-dealkylation sites (tertiary alicyclic amines) is 1. The van der Waals surface area contributed by atoms with E-state index in [-0.39, 0.29) is 55.0 Å². The number of ether oxygens (including phenoxy) is 1. The minimum atomic E-state index is -1.23. The van der Waals surface area contributed by atoms with Gasteiger partial charge < -0.3 is 25.0 Å². The maximum atomic E-state index is 14.9. The third-order valence-electron chi connectivity index (χ3n) is 11.9. The highest BCUT2D eigenvalue weighted by molar-refractivity contribution is 6.30. The van der Waals surface area contributed by atoms with Crippen LogP contribution in [-0.4, -0.2) is 79.1 Å². The van der Waals surface area contributed by atoms with Crippen LogP contribution in [0.2, 0.25) is 5.02 Å². The van der Waals surface area contributed by atoms with E-state index in [1.807, 2.05) is 52.0 Å². The number of hydrogen-bond donors (Lipinski definition) is 3. The van der Waals surface area contributed by atoms with Gasteiger partial charge in [0.25, 0.3) is 0 Å². The molecule has 3 aromatic rings. The normalized spacial score (nSPS) is 21.5. The topological polar surface area (TPSA) is 155 Å². The Morgan fingerprint density at radius 3 is 2.42 bits per heavy atom. The molecular weight excluding hydrogens is 718 g/mol. The number of aromatic amines is 1. The summed E-state index contributed by atoms with van der Waals surface area (Å²) in [7, 11) is 0. The van der Waals surface area contributed by atoms with Crippen LogP contribution in [-0.2, 0) is 19.2 Å². The molecule has 12 heteroatoms. The SMILES string of the molecule is CCC[C@H](CC(=O)[C@@H]1C[C@@H](Oc2ccc(Cl)cn2)CN1C(=O)[C@@H](CC(=O)[C@@H](Nc1nc2ccccc2[nH]1)C1CCCCC1)C(C)(C)C)C(O)C(=O)CC1CC1. The molecule has 1 amide bonds. The van der Waals surface area contributed by atoms with Gasteiger partial charge in [-0.05, 0) is 73.5 Å². The lowest BCUT2D eigenvalue weighted by Crippen LogP contribution is -2.49. The largest absolute Gasteiger partial charge is 0.472 e. The number of para-hydroxylation sites is 2. The Kier molecular flexibility index (Phi) is 13.3. The Morgan fingerprint density at radius 2 is 1.76 bits per heavy atom. The standard InChI is InChI=1S/C43H58ClN5O6/c1-5-11-28(40(53)37(52)20-26-16-17-26)21-35(50)34-22-30(55-38-19-18-29(44)24-45-38)25-49(34)41(54)31(43(2,3)4)23-36(51)39(27-12-7-6-8-13-27)48-42-46-32-14-9-10-15-33(32)47-42/h9-10,14-15,18-19,24,26-28,30-31,34,39-40,53H,5-8,11-13,16-17,20-23,25H2,1-4H3,(H2,46,47,48)/t28-,30-,31-,34+,39+,40?/m1/s1. The van der Waals surface area contributed by atoms with Crippen molar-refractivity contribution in [3.63, 3.8) is 0 Å². The van der Waals surface area contributed by atoms with E-state index >= 15 is 0 Å². The van der Waals surface area contributed by atoms with Gasteiger partial charge in [-0.15, -0.1) is 0 Å². The fraction of sp³-hybridized carbons (Fsp3) is 0.628. The Morgan fingerprint density at radius 1 is 1.02 bits per heavy atom. The highest BCUT2D eigenvalue weighted by Crippen LogP contribution is 2.38. The van der Waals surface area contributed by atoms with Crippen molar-refractivity contribution in [2.45, 2.75) is 135 Å². The number of nitrogens with one attached hydrogen (secondary N) is 2. The van der Waals surface area contributed by atoms with Gasteiger partial charge in [0.05, 0.1) is 34.7 Å². The van der Waals surface area contributed by atoms with Gasteiger partial charge in [0, 0.05) is 43.9 Å². The number of nitrogens with zero attached hydrogens (tertiary/aromatic N) is 3. The smallest absolute Gasteiger partial charge is 0.227 e. The van der Waals surface area contributed by atoms with Gasteiger partial charge in [-0.1, -0.05) is 77.1 Å². The number of pyridine rings is 1. The van der Waals surface area contributed by atoms with E-state index in [4.69, 9.17) is 21.3 Å². The molecule has 3 aliphatic rings. The molecule has 6 rings (SSSR count). The van der Waals surface area contributed by atoms with E-state index in [0.717, 1.165) is 56.0 Å². The van der Waals surface area contributed by atoms with E-state index in [2.05, 4.69) is 15.3 Å². The van der Waals surface area contributed by atoms with Crippen LogP contribution in [0.15, 0.2) is 42.6 Å². The van der Waals surface area contributed by atoms with E-state index in [0.29, 0.717) is 42.0 Å². The number of ketones is 3. The number of Topliss-reactive ketones (excluding diaryl/α,β-unsaturated/α-hetero) is 3. The third kappa shape index (κ3) is 10.5. The number of amides is 1. The number of halogens is 1. The average Bonchev–Trinajstić information content (AvgIpc) is 3.72. The van der Waals surface area contributed by atoms with Crippen molar-refractivity contribution in [1.29, 1.82) is 0 Å². The number of H-pyrrole nitrogens is 1. The predicted molar refractivity (Wildman–Crippen MR) is 213 cm³/mol. The van der Waals surface area contributed by atoms with Gasteiger partial charge in [-0.3, -0.25) is 19.2 Å². The maximum Gasteiger partial charge on any atom is 0.227 e. The van der Waals surface area contributed by atoms with Gasteiger partial charge in [0.15, 0.2) is 17.3 Å². The summed E-state index contributed by atoms with van der Waals surface area (Å²) in [6, 6.07) is 9.67. The molecule has 2 aliphatic carbocycles. The summed E-state index contributed by atoms with van der Waals surface area (Å²) >= 11 is 6.07. The van der Waals surface area contributed by atoms with Gasteiger partial charge >= 0.3 is 0 Å². The highest BCUT2D eigenvalue weighted by atomic mass is 35.5. The van der Waals surface area contributed by atoms with Crippen molar-refractivity contribution in [2.75, 3.05) is 11.9 Å². The molecule has 1 aromatic carbocycles. The van der Waals surface area contributed by atoms with Gasteiger partial charge in [0.2, 0.25) is 17.7 Å². The highest BCUT2D eigenvalue weighted by Gasteiger charge is 2.47. The molecule has 0 radical (unpaired) electrons. The van der Waals surface area contributed by atoms with Crippen LogP contribution >= 0.6 is 11.6 Å². The van der Waals surface area contributed by atoms with E-state index in [1.165, 1.54) is 6.20 Å². The van der Waals surface area contributed by atoms with Crippen molar-refractivity contribution in [1.82, 2.24) is 19.9 Å². The zero-order chi connectivity index (χ0) is 39.3. The molecule has 1 aliphatic heterocycles. The second-order valence-corrected chi connectivity index (χ2v) is 17.7. The van der Waals surface area contributed by atoms with Gasteiger partial charge in [-0.2, -0.15) is 0 Å². The van der Waals surface area contributed by atoms with Crippen LogP contribution in [0.5, 0.6) is 5.88 Å². The predicted octanol–water partition coefficient (Wildman–Crippen LogP) is 7.75. The molecule has 2 saturated carbocycles.